The van der Waals surface area contributed by atoms with Crippen LogP contribution in [0, 0.1) is 0 Å². The Bertz CT molecular complexity index is 646. The van der Waals surface area contributed by atoms with Gasteiger partial charge in [-0.3, -0.25) is 4.79 Å². The van der Waals surface area contributed by atoms with Crippen molar-refractivity contribution in [2.24, 2.45) is 0 Å². The third-order valence-corrected chi connectivity index (χ3v) is 5.00. The number of carbonyl (C=O) groups is 1. The summed E-state index contributed by atoms with van der Waals surface area (Å²) in [6, 6.07) is 7.39. The lowest BCUT2D eigenvalue weighted by Gasteiger charge is -2.10. The molecule has 1 N–H and O–H groups in total. The summed E-state index contributed by atoms with van der Waals surface area (Å²) in [6.45, 7) is 6.17. The van der Waals surface area contributed by atoms with Crippen LogP contribution in [0.4, 0.5) is 0 Å². The van der Waals surface area contributed by atoms with Crippen molar-refractivity contribution in [3.63, 3.8) is 0 Å². The minimum atomic E-state index is -0.262. The van der Waals surface area contributed by atoms with E-state index in [0.717, 1.165) is 9.90 Å². The molecule has 0 spiro atoms. The molecule has 124 valence electrons. The highest BCUT2D eigenvalue weighted by atomic mass is 35.5. The molecule has 0 aliphatic carbocycles. The number of aromatic nitrogens is 2. The minimum absolute atomic E-state index is 0.0496. The second-order valence-corrected chi connectivity index (χ2v) is 8.07. The molecule has 1 heterocycles. The molecule has 1 aromatic carbocycles. The first-order valence-corrected chi connectivity index (χ1v) is 9.20. The molecule has 8 heteroatoms. The summed E-state index contributed by atoms with van der Waals surface area (Å²) in [4.78, 5) is 12.1. The summed E-state index contributed by atoms with van der Waals surface area (Å²) < 4.78 is 6.19. The predicted molar refractivity (Wildman–Crippen MR) is 94.3 cm³/mol. The molecule has 0 aliphatic rings. The van der Waals surface area contributed by atoms with E-state index in [9.17, 15) is 4.79 Å². The molecule has 0 radical (unpaired) electrons. The van der Waals surface area contributed by atoms with Gasteiger partial charge in [-0.25, -0.2) is 0 Å². The van der Waals surface area contributed by atoms with Gasteiger partial charge in [0, 0.05) is 11.6 Å². The Balaban J connectivity index is 1.82. The van der Waals surface area contributed by atoms with Crippen LogP contribution in [-0.2, 0) is 11.3 Å². The van der Waals surface area contributed by atoms with Crippen molar-refractivity contribution >= 4 is 40.6 Å². The lowest BCUT2D eigenvalue weighted by Crippen LogP contribution is -2.30. The highest BCUT2D eigenvalue weighted by molar-refractivity contribution is 8.02. The number of carbonyl (C=O) groups excluding carboxylic acids is 1. The van der Waals surface area contributed by atoms with E-state index in [1.54, 1.807) is 12.1 Å². The summed E-state index contributed by atoms with van der Waals surface area (Å²) in [5.74, 6) is -0.0496. The van der Waals surface area contributed by atoms with Crippen molar-refractivity contribution < 1.29 is 9.53 Å². The molecule has 0 bridgehead atoms. The van der Waals surface area contributed by atoms with E-state index in [2.05, 4.69) is 15.5 Å². The van der Waals surface area contributed by atoms with Gasteiger partial charge in [0.05, 0.1) is 11.4 Å². The molecule has 5 nitrogen and oxygen atoms in total. The third kappa shape index (κ3) is 6.01. The van der Waals surface area contributed by atoms with Gasteiger partial charge in [-0.1, -0.05) is 40.6 Å². The fraction of sp³-hybridized carbons (Fsp3) is 0.400. The summed E-state index contributed by atoms with van der Waals surface area (Å²) in [7, 11) is 0. The zero-order valence-electron chi connectivity index (χ0n) is 13.1. The number of hydrogen-bond donors (Lipinski definition) is 1. The van der Waals surface area contributed by atoms with E-state index in [-0.39, 0.29) is 17.3 Å². The zero-order valence-corrected chi connectivity index (χ0v) is 15.5. The number of nitrogens with one attached hydrogen (secondary N) is 1. The fourth-order valence-electron chi connectivity index (χ4n) is 1.63. The molecule has 1 atom stereocenters. The van der Waals surface area contributed by atoms with Crippen LogP contribution in [0.1, 0.15) is 26.3 Å². The molecule has 1 aromatic heterocycles. The number of benzene rings is 1. The van der Waals surface area contributed by atoms with E-state index in [0.29, 0.717) is 16.8 Å². The minimum Gasteiger partial charge on any atom is -0.466 e. The summed E-state index contributed by atoms with van der Waals surface area (Å²) in [5.41, 5.74) is 1.00. The number of hydrogen-bond acceptors (Lipinski definition) is 6. The highest BCUT2D eigenvalue weighted by Crippen LogP contribution is 2.30. The summed E-state index contributed by atoms with van der Waals surface area (Å²) >= 11 is 8.55. The van der Waals surface area contributed by atoms with Crippen LogP contribution in [0.5, 0.6) is 5.19 Å². The average Bonchev–Trinajstić information content (AvgIpc) is 2.92. The van der Waals surface area contributed by atoms with Crippen molar-refractivity contribution in [1.29, 1.82) is 0 Å². The molecule has 1 unspecified atom stereocenters. The Morgan fingerprint density at radius 1 is 1.30 bits per heavy atom. The van der Waals surface area contributed by atoms with E-state index >= 15 is 0 Å². The standard InChI is InChI=1S/C15H18ClN3O2S2/c1-9(2)21-14-18-19-15(23-14)22-10(3)13(20)17-8-11-4-6-12(16)7-5-11/h4-7,9-10H,8H2,1-3H3,(H,17,20). The largest absolute Gasteiger partial charge is 0.466 e. The van der Waals surface area contributed by atoms with Crippen LogP contribution in [0.2, 0.25) is 5.02 Å². The Labute approximate surface area is 148 Å². The Morgan fingerprint density at radius 3 is 2.65 bits per heavy atom. The fourth-order valence-corrected chi connectivity index (χ4v) is 3.73. The van der Waals surface area contributed by atoms with Crippen molar-refractivity contribution in [1.82, 2.24) is 15.5 Å². The first-order chi connectivity index (χ1) is 10.9. The molecule has 0 saturated carbocycles. The zero-order chi connectivity index (χ0) is 16.8. The highest BCUT2D eigenvalue weighted by Gasteiger charge is 2.17. The summed E-state index contributed by atoms with van der Waals surface area (Å²) in [6.07, 6.45) is 0.0564. The van der Waals surface area contributed by atoms with Crippen molar-refractivity contribution in [3.8, 4) is 5.19 Å². The third-order valence-electron chi connectivity index (χ3n) is 2.75. The molecule has 2 rings (SSSR count). The SMILES string of the molecule is CC(C)Oc1nnc(SC(C)C(=O)NCc2ccc(Cl)cc2)s1. The van der Waals surface area contributed by atoms with Crippen LogP contribution < -0.4 is 10.1 Å². The number of halogens is 1. The number of nitrogens with zero attached hydrogens (tertiary/aromatic N) is 2. The lowest BCUT2D eigenvalue weighted by atomic mass is 10.2. The van der Waals surface area contributed by atoms with E-state index < -0.39 is 0 Å². The molecular weight excluding hydrogens is 354 g/mol. The van der Waals surface area contributed by atoms with Crippen LogP contribution in [-0.4, -0.2) is 27.5 Å². The maximum absolute atomic E-state index is 12.1. The lowest BCUT2D eigenvalue weighted by molar-refractivity contribution is -0.120. The Kier molecular flexibility index (Phi) is 6.68. The molecule has 1 amide bonds. The van der Waals surface area contributed by atoms with Gasteiger partial charge >= 0.3 is 0 Å². The first-order valence-electron chi connectivity index (χ1n) is 7.13. The van der Waals surface area contributed by atoms with Crippen LogP contribution >= 0.6 is 34.7 Å². The first kappa shape index (κ1) is 18.0. The van der Waals surface area contributed by atoms with Crippen LogP contribution in [0.3, 0.4) is 0 Å². The number of ether oxygens (including phenoxy) is 1. The van der Waals surface area contributed by atoms with Gasteiger partial charge in [-0.05, 0) is 49.8 Å². The number of rotatable bonds is 7. The Morgan fingerprint density at radius 2 is 2.00 bits per heavy atom. The van der Waals surface area contributed by atoms with Gasteiger partial charge in [0.1, 0.15) is 0 Å². The van der Waals surface area contributed by atoms with E-state index in [4.69, 9.17) is 16.3 Å². The molecule has 0 aliphatic heterocycles. The maximum atomic E-state index is 12.1. The van der Waals surface area contributed by atoms with E-state index in [1.807, 2.05) is 32.9 Å². The van der Waals surface area contributed by atoms with Crippen molar-refractivity contribution in [3.05, 3.63) is 34.9 Å². The summed E-state index contributed by atoms with van der Waals surface area (Å²) in [5, 5.41) is 11.8. The van der Waals surface area contributed by atoms with Gasteiger partial charge in [-0.15, -0.1) is 5.10 Å². The van der Waals surface area contributed by atoms with Crippen molar-refractivity contribution in [2.75, 3.05) is 0 Å². The smallest absolute Gasteiger partial charge is 0.295 e. The molecule has 23 heavy (non-hydrogen) atoms. The van der Waals surface area contributed by atoms with Gasteiger partial charge in [0.25, 0.3) is 5.19 Å². The van der Waals surface area contributed by atoms with Crippen LogP contribution in [0.25, 0.3) is 0 Å². The monoisotopic (exact) mass is 371 g/mol. The molecule has 0 fully saturated rings. The quantitative estimate of drug-likeness (QED) is 0.750. The van der Waals surface area contributed by atoms with Gasteiger partial charge in [-0.2, -0.15) is 0 Å². The van der Waals surface area contributed by atoms with Gasteiger partial charge in [0.2, 0.25) is 5.91 Å². The molecule has 2 aromatic rings. The normalized spacial score (nSPS) is 12.2. The van der Waals surface area contributed by atoms with Crippen LogP contribution in [0.15, 0.2) is 28.6 Å². The second kappa shape index (κ2) is 8.52. The molecular formula is C15H18ClN3O2S2. The average molecular weight is 372 g/mol. The topological polar surface area (TPSA) is 64.1 Å². The van der Waals surface area contributed by atoms with Crippen molar-refractivity contribution in [2.45, 2.75) is 43.0 Å². The van der Waals surface area contributed by atoms with E-state index in [1.165, 1.54) is 23.1 Å². The Hall–Kier alpha value is -1.31. The number of amides is 1. The molecule has 0 saturated heterocycles. The second-order valence-electron chi connectivity index (χ2n) is 5.10. The number of thioether (sulfide) groups is 1. The maximum Gasteiger partial charge on any atom is 0.295 e. The van der Waals surface area contributed by atoms with Gasteiger partial charge in [0.15, 0.2) is 4.34 Å². The predicted octanol–water partition coefficient (Wildman–Crippen LogP) is 3.78. The van der Waals surface area contributed by atoms with Gasteiger partial charge < -0.3 is 10.1 Å².